The molecule has 5 heteroatoms. The molecular weight excluding hydrogens is 286 g/mol. The molecule has 1 atom stereocenters. The van der Waals surface area contributed by atoms with Crippen LogP contribution in [0.2, 0.25) is 0 Å². The highest BCUT2D eigenvalue weighted by molar-refractivity contribution is 7.12. The van der Waals surface area contributed by atoms with E-state index in [9.17, 15) is 9.90 Å². The van der Waals surface area contributed by atoms with E-state index in [1.165, 1.54) is 0 Å². The van der Waals surface area contributed by atoms with Gasteiger partial charge in [0.15, 0.2) is 0 Å². The topological polar surface area (TPSA) is 58.6 Å². The van der Waals surface area contributed by atoms with Crippen LogP contribution >= 0.6 is 11.3 Å². The minimum Gasteiger partial charge on any atom is -0.497 e. The van der Waals surface area contributed by atoms with Gasteiger partial charge in [-0.05, 0) is 37.6 Å². The molecule has 0 fully saturated rings. The van der Waals surface area contributed by atoms with Crippen LogP contribution in [0, 0.1) is 13.8 Å². The molecule has 0 aliphatic rings. The number of nitrogens with one attached hydrogen (secondary N) is 1. The van der Waals surface area contributed by atoms with Crippen LogP contribution in [0.15, 0.2) is 30.3 Å². The monoisotopic (exact) mass is 305 g/mol. The predicted molar refractivity (Wildman–Crippen MR) is 84.1 cm³/mol. The van der Waals surface area contributed by atoms with Gasteiger partial charge in [0.05, 0.1) is 18.8 Å². The molecule has 1 aromatic heterocycles. The van der Waals surface area contributed by atoms with Gasteiger partial charge in [-0.15, -0.1) is 11.3 Å². The molecule has 1 heterocycles. The lowest BCUT2D eigenvalue weighted by Gasteiger charge is -2.12. The Labute approximate surface area is 128 Å². The van der Waals surface area contributed by atoms with Crippen molar-refractivity contribution in [1.82, 2.24) is 5.32 Å². The summed E-state index contributed by atoms with van der Waals surface area (Å²) in [6.07, 6.45) is -0.736. The Morgan fingerprint density at radius 2 is 2.00 bits per heavy atom. The van der Waals surface area contributed by atoms with Crippen molar-refractivity contribution in [3.8, 4) is 5.75 Å². The Kier molecular flexibility index (Phi) is 4.98. The zero-order valence-electron chi connectivity index (χ0n) is 12.3. The smallest absolute Gasteiger partial charge is 0.252 e. The Morgan fingerprint density at radius 1 is 1.33 bits per heavy atom. The van der Waals surface area contributed by atoms with E-state index in [1.807, 2.05) is 19.9 Å². The Morgan fingerprint density at radius 3 is 2.52 bits per heavy atom. The van der Waals surface area contributed by atoms with Crippen molar-refractivity contribution < 1.29 is 14.6 Å². The van der Waals surface area contributed by atoms with Crippen LogP contribution in [0.25, 0.3) is 0 Å². The van der Waals surface area contributed by atoms with Crippen LogP contribution in [0.1, 0.15) is 31.8 Å². The molecule has 0 saturated heterocycles. The maximum absolute atomic E-state index is 12.1. The van der Waals surface area contributed by atoms with E-state index in [2.05, 4.69) is 5.32 Å². The van der Waals surface area contributed by atoms with E-state index in [1.54, 1.807) is 42.7 Å². The summed E-state index contributed by atoms with van der Waals surface area (Å²) in [6.45, 7) is 4.08. The highest BCUT2D eigenvalue weighted by Gasteiger charge is 2.14. The van der Waals surface area contributed by atoms with E-state index >= 15 is 0 Å². The van der Waals surface area contributed by atoms with Gasteiger partial charge in [0.1, 0.15) is 5.75 Å². The quantitative estimate of drug-likeness (QED) is 0.893. The van der Waals surface area contributed by atoms with Crippen LogP contribution < -0.4 is 10.1 Å². The lowest BCUT2D eigenvalue weighted by molar-refractivity contribution is 0.0916. The third-order valence-electron chi connectivity index (χ3n) is 3.24. The fraction of sp³-hybridized carbons (Fsp3) is 0.312. The summed E-state index contributed by atoms with van der Waals surface area (Å²) in [5.41, 5.74) is 1.42. The van der Waals surface area contributed by atoms with Crippen molar-refractivity contribution in [3.05, 3.63) is 51.2 Å². The summed E-state index contributed by atoms with van der Waals surface area (Å²) in [5, 5.41) is 12.9. The molecule has 0 radical (unpaired) electrons. The van der Waals surface area contributed by atoms with Gasteiger partial charge in [-0.25, -0.2) is 0 Å². The fourth-order valence-electron chi connectivity index (χ4n) is 2.08. The molecule has 112 valence electrons. The van der Waals surface area contributed by atoms with Crippen LogP contribution in [0.3, 0.4) is 0 Å². The largest absolute Gasteiger partial charge is 0.497 e. The second kappa shape index (κ2) is 6.74. The van der Waals surface area contributed by atoms with Crippen molar-refractivity contribution in [3.63, 3.8) is 0 Å². The molecule has 0 aliphatic carbocycles. The zero-order chi connectivity index (χ0) is 15.4. The first kappa shape index (κ1) is 15.5. The third-order valence-corrected chi connectivity index (χ3v) is 4.21. The molecule has 0 aliphatic heterocycles. The average Bonchev–Trinajstić information content (AvgIpc) is 2.83. The predicted octanol–water partition coefficient (Wildman–Crippen LogP) is 2.84. The number of carbonyl (C=O) groups excluding carboxylic acids is 1. The lowest BCUT2D eigenvalue weighted by Crippen LogP contribution is -2.28. The van der Waals surface area contributed by atoms with Crippen LogP contribution in [-0.4, -0.2) is 24.7 Å². The third kappa shape index (κ3) is 3.83. The number of amides is 1. The maximum Gasteiger partial charge on any atom is 0.252 e. The molecular formula is C16H19NO3S. The number of aliphatic hydroxyl groups is 1. The molecule has 1 aromatic carbocycles. The molecule has 0 spiro atoms. The first-order chi connectivity index (χ1) is 10.0. The summed E-state index contributed by atoms with van der Waals surface area (Å²) in [7, 11) is 1.59. The van der Waals surface area contributed by atoms with E-state index < -0.39 is 6.10 Å². The van der Waals surface area contributed by atoms with Gasteiger partial charge in [0.25, 0.3) is 5.91 Å². The average molecular weight is 305 g/mol. The van der Waals surface area contributed by atoms with Crippen molar-refractivity contribution in [2.24, 2.45) is 0 Å². The molecule has 1 amide bonds. The fourth-order valence-corrected chi connectivity index (χ4v) is 3.01. The molecule has 1 unspecified atom stereocenters. The Balaban J connectivity index is 1.95. The van der Waals surface area contributed by atoms with E-state index in [4.69, 9.17) is 4.74 Å². The summed E-state index contributed by atoms with van der Waals surface area (Å²) in [4.78, 5) is 14.2. The number of aryl methyl sites for hydroxylation is 2. The number of benzene rings is 1. The zero-order valence-corrected chi connectivity index (χ0v) is 13.2. The molecule has 4 nitrogen and oxygen atoms in total. The lowest BCUT2D eigenvalue weighted by atomic mass is 10.1. The van der Waals surface area contributed by atoms with Gasteiger partial charge in [-0.2, -0.15) is 0 Å². The number of rotatable bonds is 5. The summed E-state index contributed by atoms with van der Waals surface area (Å²) < 4.78 is 5.07. The number of hydrogen-bond donors (Lipinski definition) is 2. The van der Waals surface area contributed by atoms with E-state index in [0.717, 1.165) is 21.1 Å². The van der Waals surface area contributed by atoms with Gasteiger partial charge in [0, 0.05) is 16.3 Å². The highest BCUT2D eigenvalue weighted by atomic mass is 32.1. The van der Waals surface area contributed by atoms with Crippen molar-refractivity contribution in [1.29, 1.82) is 0 Å². The molecule has 2 N–H and O–H groups in total. The van der Waals surface area contributed by atoms with Crippen molar-refractivity contribution in [2.75, 3.05) is 13.7 Å². The minimum atomic E-state index is -0.736. The van der Waals surface area contributed by atoms with Crippen LogP contribution in [0.4, 0.5) is 0 Å². The van der Waals surface area contributed by atoms with Gasteiger partial charge in [-0.3, -0.25) is 4.79 Å². The number of hydrogen-bond acceptors (Lipinski definition) is 4. The summed E-state index contributed by atoms with van der Waals surface area (Å²) in [5.74, 6) is 0.587. The highest BCUT2D eigenvalue weighted by Crippen LogP contribution is 2.21. The number of ether oxygens (including phenoxy) is 1. The van der Waals surface area contributed by atoms with Gasteiger partial charge in [-0.1, -0.05) is 12.1 Å². The minimum absolute atomic E-state index is 0.149. The first-order valence-corrected chi connectivity index (χ1v) is 7.50. The number of aliphatic hydroxyl groups excluding tert-OH is 1. The Hall–Kier alpha value is -1.85. The van der Waals surface area contributed by atoms with Crippen LogP contribution in [-0.2, 0) is 0 Å². The first-order valence-electron chi connectivity index (χ1n) is 6.68. The summed E-state index contributed by atoms with van der Waals surface area (Å²) >= 11 is 1.60. The van der Waals surface area contributed by atoms with E-state index in [0.29, 0.717) is 5.56 Å². The second-order valence-electron chi connectivity index (χ2n) is 4.83. The van der Waals surface area contributed by atoms with Gasteiger partial charge in [0.2, 0.25) is 0 Å². The van der Waals surface area contributed by atoms with E-state index in [-0.39, 0.29) is 12.5 Å². The SMILES string of the molecule is COc1ccc(C(O)CNC(=O)c2cc(C)sc2C)cc1. The molecule has 2 aromatic rings. The number of thiophene rings is 1. The molecule has 0 bridgehead atoms. The molecule has 0 saturated carbocycles. The van der Waals surface area contributed by atoms with Crippen LogP contribution in [0.5, 0.6) is 5.75 Å². The molecule has 2 rings (SSSR count). The van der Waals surface area contributed by atoms with Gasteiger partial charge >= 0.3 is 0 Å². The van der Waals surface area contributed by atoms with Crippen molar-refractivity contribution in [2.45, 2.75) is 20.0 Å². The maximum atomic E-state index is 12.1. The number of methoxy groups -OCH3 is 1. The number of carbonyl (C=O) groups is 1. The normalized spacial score (nSPS) is 12.0. The molecule has 21 heavy (non-hydrogen) atoms. The van der Waals surface area contributed by atoms with Gasteiger partial charge < -0.3 is 15.2 Å². The van der Waals surface area contributed by atoms with Crippen molar-refractivity contribution >= 4 is 17.2 Å². The summed E-state index contributed by atoms with van der Waals surface area (Å²) in [6, 6.07) is 9.01. The Bertz CT molecular complexity index is 619. The second-order valence-corrected chi connectivity index (χ2v) is 6.29. The standard InChI is InChI=1S/C16H19NO3S/c1-10-8-14(11(2)21-10)16(19)17-9-15(18)12-4-6-13(20-3)7-5-12/h4-8,15,18H,9H2,1-3H3,(H,17,19).